The maximum Gasteiger partial charge on any atom is 0.223 e. The lowest BCUT2D eigenvalue weighted by Gasteiger charge is -2.15. The number of nitrogens with one attached hydrogen (secondary N) is 2. The molecule has 0 radical (unpaired) electrons. The maximum atomic E-state index is 12.8. The third kappa shape index (κ3) is 3.29. The number of aromatic nitrogens is 2. The molecule has 7 heteroatoms. The van der Waals surface area contributed by atoms with Crippen molar-refractivity contribution in [2.45, 2.75) is 13.0 Å². The lowest BCUT2D eigenvalue weighted by atomic mass is 10.1. The van der Waals surface area contributed by atoms with Crippen LogP contribution in [0.5, 0.6) is 0 Å². The van der Waals surface area contributed by atoms with Crippen LogP contribution in [0.4, 0.5) is 22.0 Å². The highest BCUT2D eigenvalue weighted by Crippen LogP contribution is 2.20. The van der Waals surface area contributed by atoms with Crippen LogP contribution in [-0.2, 0) is 0 Å². The van der Waals surface area contributed by atoms with Gasteiger partial charge < -0.3 is 16.5 Å². The zero-order chi connectivity index (χ0) is 13.8. The Morgan fingerprint density at radius 3 is 2.42 bits per heavy atom. The fourth-order valence-corrected chi connectivity index (χ4v) is 1.67. The van der Waals surface area contributed by atoms with E-state index in [2.05, 4.69) is 20.7 Å². The number of nitrogens with zero attached hydrogens (tertiary/aromatic N) is 2. The Kier molecular flexibility index (Phi) is 3.76. The molecule has 0 fully saturated rings. The summed E-state index contributed by atoms with van der Waals surface area (Å²) in [5, 5.41) is 3.14. The minimum atomic E-state index is -0.267. The van der Waals surface area contributed by atoms with Crippen molar-refractivity contribution in [2.24, 2.45) is 5.84 Å². The molecular formula is C12H15FN6. The van der Waals surface area contributed by atoms with Gasteiger partial charge in [0.1, 0.15) is 17.5 Å². The SMILES string of the molecule is CC(Nc1cc(NN)nc(N)n1)c1ccc(F)cc1. The van der Waals surface area contributed by atoms with Gasteiger partial charge >= 0.3 is 0 Å². The molecule has 6 N–H and O–H groups in total. The van der Waals surface area contributed by atoms with Gasteiger partial charge in [-0.25, -0.2) is 10.2 Å². The standard InChI is InChI=1S/C12H15FN6/c1-7(8-2-4-9(13)5-3-8)16-10-6-11(19-15)18-12(14)17-10/h2-7H,15H2,1H3,(H4,14,16,17,18,19). The Morgan fingerprint density at radius 1 is 1.16 bits per heavy atom. The van der Waals surface area contributed by atoms with Gasteiger partial charge in [0.2, 0.25) is 5.95 Å². The Hall–Kier alpha value is -2.41. The quantitative estimate of drug-likeness (QED) is 0.493. The van der Waals surface area contributed by atoms with Gasteiger partial charge in [-0.1, -0.05) is 12.1 Å². The van der Waals surface area contributed by atoms with Crippen LogP contribution in [0.2, 0.25) is 0 Å². The van der Waals surface area contributed by atoms with Crippen molar-refractivity contribution in [3.63, 3.8) is 0 Å². The molecule has 0 aliphatic rings. The van der Waals surface area contributed by atoms with Gasteiger partial charge in [-0.2, -0.15) is 9.97 Å². The van der Waals surface area contributed by atoms with E-state index in [1.165, 1.54) is 12.1 Å². The molecule has 0 spiro atoms. The van der Waals surface area contributed by atoms with Crippen molar-refractivity contribution in [1.29, 1.82) is 0 Å². The van der Waals surface area contributed by atoms with Crippen LogP contribution in [0.1, 0.15) is 18.5 Å². The van der Waals surface area contributed by atoms with Gasteiger partial charge in [-0.15, -0.1) is 0 Å². The fraction of sp³-hybridized carbons (Fsp3) is 0.167. The molecule has 0 aliphatic carbocycles. The van der Waals surface area contributed by atoms with Crippen LogP contribution in [0.25, 0.3) is 0 Å². The lowest BCUT2D eigenvalue weighted by molar-refractivity contribution is 0.626. The van der Waals surface area contributed by atoms with Crippen LogP contribution in [0, 0.1) is 5.82 Å². The monoisotopic (exact) mass is 262 g/mol. The second kappa shape index (κ2) is 5.49. The van der Waals surface area contributed by atoms with Crippen LogP contribution in [0.15, 0.2) is 30.3 Å². The second-order valence-corrected chi connectivity index (χ2v) is 4.06. The van der Waals surface area contributed by atoms with Gasteiger partial charge in [0.05, 0.1) is 0 Å². The van der Waals surface area contributed by atoms with Crippen LogP contribution in [-0.4, -0.2) is 9.97 Å². The molecule has 1 atom stereocenters. The summed E-state index contributed by atoms with van der Waals surface area (Å²) in [5.41, 5.74) is 8.90. The van der Waals surface area contributed by atoms with Crippen molar-refractivity contribution in [3.8, 4) is 0 Å². The normalized spacial score (nSPS) is 11.9. The van der Waals surface area contributed by atoms with Crippen LogP contribution < -0.4 is 22.3 Å². The van der Waals surface area contributed by atoms with Crippen molar-refractivity contribution < 1.29 is 4.39 Å². The molecule has 1 aromatic carbocycles. The molecule has 6 nitrogen and oxygen atoms in total. The first kappa shape index (κ1) is 13.0. The van der Waals surface area contributed by atoms with E-state index >= 15 is 0 Å². The minimum absolute atomic E-state index is 0.0551. The number of nitrogens with two attached hydrogens (primary N) is 2. The molecule has 2 aromatic rings. The summed E-state index contributed by atoms with van der Waals surface area (Å²) in [7, 11) is 0. The van der Waals surface area contributed by atoms with Gasteiger partial charge in [0, 0.05) is 12.1 Å². The predicted molar refractivity (Wildman–Crippen MR) is 72.7 cm³/mol. The summed E-state index contributed by atoms with van der Waals surface area (Å²) in [5.74, 6) is 6.09. The Balaban J connectivity index is 2.16. The number of nitrogen functional groups attached to an aromatic ring is 2. The van der Waals surface area contributed by atoms with E-state index in [-0.39, 0.29) is 17.8 Å². The van der Waals surface area contributed by atoms with E-state index in [0.717, 1.165) is 5.56 Å². The minimum Gasteiger partial charge on any atom is -0.368 e. The summed E-state index contributed by atoms with van der Waals surface area (Å²) in [6.07, 6.45) is 0. The van der Waals surface area contributed by atoms with E-state index < -0.39 is 0 Å². The van der Waals surface area contributed by atoms with Crippen molar-refractivity contribution in [3.05, 3.63) is 41.7 Å². The molecule has 0 amide bonds. The summed E-state index contributed by atoms with van der Waals surface area (Å²) >= 11 is 0. The molecule has 1 heterocycles. The van der Waals surface area contributed by atoms with Crippen molar-refractivity contribution in [2.75, 3.05) is 16.5 Å². The maximum absolute atomic E-state index is 12.8. The van der Waals surface area contributed by atoms with Crippen LogP contribution >= 0.6 is 0 Å². The number of halogens is 1. The number of benzene rings is 1. The molecule has 2 rings (SSSR count). The first-order valence-electron chi connectivity index (χ1n) is 5.71. The summed E-state index contributed by atoms with van der Waals surface area (Å²) < 4.78 is 12.8. The Bertz CT molecular complexity index is 557. The zero-order valence-corrected chi connectivity index (χ0v) is 10.4. The number of hydrazine groups is 1. The van der Waals surface area contributed by atoms with Crippen molar-refractivity contribution >= 4 is 17.6 Å². The molecule has 1 aromatic heterocycles. The van der Waals surface area contributed by atoms with E-state index in [1.54, 1.807) is 18.2 Å². The number of hydrogen-bond acceptors (Lipinski definition) is 6. The smallest absolute Gasteiger partial charge is 0.223 e. The van der Waals surface area contributed by atoms with E-state index in [9.17, 15) is 4.39 Å². The highest BCUT2D eigenvalue weighted by atomic mass is 19.1. The molecular weight excluding hydrogens is 247 g/mol. The summed E-state index contributed by atoms with van der Waals surface area (Å²) in [4.78, 5) is 7.94. The van der Waals surface area contributed by atoms with E-state index in [0.29, 0.717) is 11.6 Å². The lowest BCUT2D eigenvalue weighted by Crippen LogP contribution is -2.13. The topological polar surface area (TPSA) is 102 Å². The van der Waals surface area contributed by atoms with E-state index in [1.807, 2.05) is 6.92 Å². The highest BCUT2D eigenvalue weighted by molar-refractivity contribution is 5.51. The average molecular weight is 262 g/mol. The molecule has 0 saturated heterocycles. The largest absolute Gasteiger partial charge is 0.368 e. The summed E-state index contributed by atoms with van der Waals surface area (Å²) in [6.45, 7) is 1.93. The molecule has 1 unspecified atom stereocenters. The fourth-order valence-electron chi connectivity index (χ4n) is 1.67. The third-order valence-electron chi connectivity index (χ3n) is 2.63. The molecule has 100 valence electrons. The average Bonchev–Trinajstić information content (AvgIpc) is 2.38. The number of hydrogen-bond donors (Lipinski definition) is 4. The number of anilines is 3. The summed E-state index contributed by atoms with van der Waals surface area (Å²) in [6, 6.07) is 7.82. The van der Waals surface area contributed by atoms with Gasteiger partial charge in [0.15, 0.2) is 0 Å². The first-order valence-corrected chi connectivity index (χ1v) is 5.71. The molecule has 0 bridgehead atoms. The first-order chi connectivity index (χ1) is 9.08. The predicted octanol–water partition coefficient (Wildman–Crippen LogP) is 1.66. The molecule has 0 saturated carbocycles. The highest BCUT2D eigenvalue weighted by Gasteiger charge is 2.08. The Morgan fingerprint density at radius 2 is 1.79 bits per heavy atom. The van der Waals surface area contributed by atoms with Crippen LogP contribution in [0.3, 0.4) is 0 Å². The number of rotatable bonds is 4. The van der Waals surface area contributed by atoms with Gasteiger partial charge in [0.25, 0.3) is 0 Å². The second-order valence-electron chi connectivity index (χ2n) is 4.06. The molecule has 19 heavy (non-hydrogen) atoms. The molecule has 0 aliphatic heterocycles. The van der Waals surface area contributed by atoms with Gasteiger partial charge in [-0.3, -0.25) is 0 Å². The zero-order valence-electron chi connectivity index (χ0n) is 10.4. The van der Waals surface area contributed by atoms with Gasteiger partial charge in [-0.05, 0) is 24.6 Å². The van der Waals surface area contributed by atoms with Crippen molar-refractivity contribution in [1.82, 2.24) is 9.97 Å². The van der Waals surface area contributed by atoms with E-state index in [4.69, 9.17) is 11.6 Å². The third-order valence-corrected chi connectivity index (χ3v) is 2.63. The Labute approximate surface area is 110 Å².